The number of carbonyl (C=O) groups is 1. The van der Waals surface area contributed by atoms with Gasteiger partial charge in [0.15, 0.2) is 0 Å². The lowest BCUT2D eigenvalue weighted by molar-refractivity contribution is -0.118. The molecule has 5 heteroatoms. The third-order valence-corrected chi connectivity index (χ3v) is 3.68. The van der Waals surface area contributed by atoms with Crippen molar-refractivity contribution in [3.8, 4) is 0 Å². The first-order valence-electron chi connectivity index (χ1n) is 7.21. The van der Waals surface area contributed by atoms with E-state index < -0.39 is 6.04 Å². The molecule has 2 rings (SSSR count). The number of amides is 1. The van der Waals surface area contributed by atoms with E-state index in [9.17, 15) is 4.79 Å². The monoisotopic (exact) mass is 286 g/mol. The summed E-state index contributed by atoms with van der Waals surface area (Å²) >= 11 is 0. The number of rotatable bonds is 6. The highest BCUT2D eigenvalue weighted by molar-refractivity contribution is 5.94. The van der Waals surface area contributed by atoms with E-state index in [1.165, 1.54) is 0 Å². The molecule has 0 saturated carbocycles. The summed E-state index contributed by atoms with van der Waals surface area (Å²) in [6.07, 6.45) is 6.31. The largest absolute Gasteiger partial charge is 0.333 e. The molecular weight excluding hydrogens is 264 g/mol. The number of nitrogens with two attached hydrogens (primary N) is 1. The van der Waals surface area contributed by atoms with Crippen molar-refractivity contribution in [2.24, 2.45) is 11.7 Å². The van der Waals surface area contributed by atoms with Gasteiger partial charge >= 0.3 is 0 Å². The molecule has 1 aromatic heterocycles. The molecule has 1 unspecified atom stereocenters. The number of nitrogens with one attached hydrogen (secondary N) is 1. The van der Waals surface area contributed by atoms with E-state index in [0.717, 1.165) is 24.2 Å². The normalized spacial score (nSPS) is 13.7. The van der Waals surface area contributed by atoms with Crippen LogP contribution in [-0.2, 0) is 11.3 Å². The Morgan fingerprint density at radius 1 is 1.48 bits per heavy atom. The van der Waals surface area contributed by atoms with Gasteiger partial charge < -0.3 is 15.6 Å². The summed E-state index contributed by atoms with van der Waals surface area (Å²) in [5, 5.41) is 2.89. The van der Waals surface area contributed by atoms with E-state index in [-0.39, 0.29) is 11.8 Å². The summed E-state index contributed by atoms with van der Waals surface area (Å²) in [5.74, 6) is 0.0308. The van der Waals surface area contributed by atoms with Gasteiger partial charge in [-0.1, -0.05) is 32.4 Å². The number of nitrogens with zero attached hydrogens (tertiary/aromatic N) is 2. The molecule has 2 aromatic rings. The highest BCUT2D eigenvalue weighted by atomic mass is 16.2. The topological polar surface area (TPSA) is 72.9 Å². The number of aromatic nitrogens is 2. The molecule has 21 heavy (non-hydrogen) atoms. The van der Waals surface area contributed by atoms with Gasteiger partial charge in [0.25, 0.3) is 0 Å². The van der Waals surface area contributed by atoms with Gasteiger partial charge in [0.2, 0.25) is 5.91 Å². The lowest BCUT2D eigenvalue weighted by Crippen LogP contribution is -2.40. The first-order valence-corrected chi connectivity index (χ1v) is 7.21. The zero-order chi connectivity index (χ0) is 15.2. The molecule has 0 bridgehead atoms. The highest BCUT2D eigenvalue weighted by Gasteiger charge is 2.19. The van der Waals surface area contributed by atoms with Gasteiger partial charge in [-0.25, -0.2) is 4.98 Å². The molecule has 0 saturated heterocycles. The minimum absolute atomic E-state index is 0.135. The maximum atomic E-state index is 12.1. The molecule has 112 valence electrons. The summed E-state index contributed by atoms with van der Waals surface area (Å²) in [7, 11) is 0. The van der Waals surface area contributed by atoms with Crippen molar-refractivity contribution in [1.82, 2.24) is 9.55 Å². The van der Waals surface area contributed by atoms with Crippen LogP contribution in [0.1, 0.15) is 25.8 Å². The minimum Gasteiger partial charge on any atom is -0.333 e. The zero-order valence-electron chi connectivity index (χ0n) is 12.5. The molecule has 5 nitrogen and oxygen atoms in total. The van der Waals surface area contributed by atoms with Crippen molar-refractivity contribution in [2.75, 3.05) is 5.32 Å². The molecule has 0 fully saturated rings. The lowest BCUT2D eigenvalue weighted by atomic mass is 9.99. The van der Waals surface area contributed by atoms with Gasteiger partial charge in [0.1, 0.15) is 0 Å². The van der Waals surface area contributed by atoms with Crippen LogP contribution in [0.15, 0.2) is 43.0 Å². The summed E-state index contributed by atoms with van der Waals surface area (Å²) < 4.78 is 1.98. The molecule has 2 atom stereocenters. The minimum atomic E-state index is -0.479. The maximum absolute atomic E-state index is 12.1. The summed E-state index contributed by atoms with van der Waals surface area (Å²) in [5.41, 5.74) is 7.82. The van der Waals surface area contributed by atoms with Crippen LogP contribution >= 0.6 is 0 Å². The van der Waals surface area contributed by atoms with Crippen molar-refractivity contribution in [2.45, 2.75) is 32.9 Å². The van der Waals surface area contributed by atoms with E-state index in [0.29, 0.717) is 0 Å². The molecule has 1 amide bonds. The van der Waals surface area contributed by atoms with Crippen molar-refractivity contribution in [3.63, 3.8) is 0 Å². The van der Waals surface area contributed by atoms with Crippen molar-refractivity contribution >= 4 is 11.6 Å². The van der Waals surface area contributed by atoms with E-state index in [1.807, 2.05) is 48.9 Å². The van der Waals surface area contributed by atoms with Gasteiger partial charge in [-0.3, -0.25) is 4.79 Å². The fraction of sp³-hybridized carbons (Fsp3) is 0.375. The Morgan fingerprint density at radius 2 is 2.29 bits per heavy atom. The third kappa shape index (κ3) is 4.16. The Hall–Kier alpha value is -2.14. The standard InChI is InChI=1S/C16H22N4O/c1-3-12(2)15(17)16(21)19-14-6-4-5-13(9-14)10-20-8-7-18-11-20/h4-9,11-12,15H,3,10,17H2,1-2H3,(H,19,21)/t12?,15-/m0/s1. The number of hydrogen-bond acceptors (Lipinski definition) is 3. The number of benzene rings is 1. The fourth-order valence-electron chi connectivity index (χ4n) is 2.08. The van der Waals surface area contributed by atoms with Gasteiger partial charge in [-0.05, 0) is 23.6 Å². The first kappa shape index (κ1) is 15.3. The molecule has 0 radical (unpaired) electrons. The second-order valence-electron chi connectivity index (χ2n) is 5.34. The molecule has 0 spiro atoms. The Kier molecular flexibility index (Phi) is 5.11. The lowest BCUT2D eigenvalue weighted by Gasteiger charge is -2.18. The highest BCUT2D eigenvalue weighted by Crippen LogP contribution is 2.14. The summed E-state index contributed by atoms with van der Waals surface area (Å²) in [6.45, 7) is 4.74. The average Bonchev–Trinajstić information content (AvgIpc) is 2.98. The van der Waals surface area contributed by atoms with Crippen LogP contribution in [0.2, 0.25) is 0 Å². The van der Waals surface area contributed by atoms with E-state index in [4.69, 9.17) is 5.73 Å². The van der Waals surface area contributed by atoms with Crippen LogP contribution in [-0.4, -0.2) is 21.5 Å². The zero-order valence-corrected chi connectivity index (χ0v) is 12.5. The fourth-order valence-corrected chi connectivity index (χ4v) is 2.08. The molecular formula is C16H22N4O. The van der Waals surface area contributed by atoms with Crippen LogP contribution in [0.4, 0.5) is 5.69 Å². The molecule has 1 aromatic carbocycles. The average molecular weight is 286 g/mol. The number of carbonyl (C=O) groups excluding carboxylic acids is 1. The Bertz CT molecular complexity index is 580. The Morgan fingerprint density at radius 3 is 2.95 bits per heavy atom. The number of anilines is 1. The molecule has 0 aliphatic rings. The van der Waals surface area contributed by atoms with Crippen LogP contribution in [0.5, 0.6) is 0 Å². The van der Waals surface area contributed by atoms with Crippen LogP contribution < -0.4 is 11.1 Å². The van der Waals surface area contributed by atoms with Gasteiger partial charge in [0, 0.05) is 24.6 Å². The van der Waals surface area contributed by atoms with Gasteiger partial charge in [-0.2, -0.15) is 0 Å². The Labute approximate surface area is 125 Å². The number of hydrogen-bond donors (Lipinski definition) is 2. The van der Waals surface area contributed by atoms with Crippen LogP contribution in [0.3, 0.4) is 0 Å². The van der Waals surface area contributed by atoms with Crippen molar-refractivity contribution < 1.29 is 4.79 Å². The molecule has 1 heterocycles. The summed E-state index contributed by atoms with van der Waals surface area (Å²) in [6, 6.07) is 7.30. The SMILES string of the molecule is CCC(C)[C@H](N)C(=O)Nc1cccc(Cn2ccnc2)c1. The van der Waals surface area contributed by atoms with E-state index >= 15 is 0 Å². The van der Waals surface area contributed by atoms with Crippen molar-refractivity contribution in [3.05, 3.63) is 48.5 Å². The molecule has 3 N–H and O–H groups in total. The Balaban J connectivity index is 2.02. The second-order valence-corrected chi connectivity index (χ2v) is 5.34. The van der Waals surface area contributed by atoms with Crippen LogP contribution in [0.25, 0.3) is 0 Å². The van der Waals surface area contributed by atoms with Gasteiger partial charge in [0.05, 0.1) is 12.4 Å². The molecule has 0 aliphatic carbocycles. The molecule has 0 aliphatic heterocycles. The number of imidazole rings is 1. The maximum Gasteiger partial charge on any atom is 0.241 e. The quantitative estimate of drug-likeness (QED) is 0.855. The predicted molar refractivity (Wildman–Crippen MR) is 83.8 cm³/mol. The van der Waals surface area contributed by atoms with E-state index in [1.54, 1.807) is 12.5 Å². The van der Waals surface area contributed by atoms with E-state index in [2.05, 4.69) is 10.3 Å². The van der Waals surface area contributed by atoms with Gasteiger partial charge in [-0.15, -0.1) is 0 Å². The second kappa shape index (κ2) is 7.04. The first-order chi connectivity index (χ1) is 10.1. The summed E-state index contributed by atoms with van der Waals surface area (Å²) in [4.78, 5) is 16.1. The van der Waals surface area contributed by atoms with Crippen LogP contribution in [0, 0.1) is 5.92 Å². The predicted octanol–water partition coefficient (Wildman–Crippen LogP) is 2.24. The smallest absolute Gasteiger partial charge is 0.241 e. The van der Waals surface area contributed by atoms with Crippen molar-refractivity contribution in [1.29, 1.82) is 0 Å². The third-order valence-electron chi connectivity index (χ3n) is 3.68.